The van der Waals surface area contributed by atoms with Crippen molar-refractivity contribution >= 4 is 92.2 Å². The number of aromatic amines is 1. The number of carbonyl (C=O) groups is 11. The molecule has 2 aromatic heterocycles. The number of hydrogen-bond acceptors (Lipinski definition) is 21. The third-order valence-corrected chi connectivity index (χ3v) is 16.6. The molecule has 516 valence electrons. The molecule has 0 saturated carbocycles. The van der Waals surface area contributed by atoms with Crippen LogP contribution in [0.4, 0.5) is 5.95 Å². The van der Waals surface area contributed by atoms with Crippen molar-refractivity contribution in [3.05, 3.63) is 65.6 Å². The molecule has 1 aliphatic rings. The van der Waals surface area contributed by atoms with Crippen LogP contribution >= 0.6 is 0 Å². The highest BCUT2D eigenvalue weighted by molar-refractivity contribution is 7.89. The molecule has 4 aromatic rings. The fraction of sp³-hybridized carbons (Fsp3) is 0.534. The Morgan fingerprint density at radius 2 is 1.19 bits per heavy atom. The van der Waals surface area contributed by atoms with Crippen LogP contribution in [-0.2, 0) is 64.5 Å². The number of fused-ring (bicyclic) bond motifs is 1. The van der Waals surface area contributed by atoms with Crippen LogP contribution in [-0.4, -0.2) is 274 Å². The first-order valence-electron chi connectivity index (χ1n) is 30.2. The summed E-state index contributed by atoms with van der Waals surface area (Å²) in [5.41, 5.74) is 1.39. The average molecular weight is 1340 g/mol. The number of aromatic nitrogens is 4. The van der Waals surface area contributed by atoms with Crippen LogP contribution in [0.1, 0.15) is 66.4 Å². The van der Waals surface area contributed by atoms with E-state index in [9.17, 15) is 91.8 Å². The Kier molecular flexibility index (Phi) is 30.4. The lowest BCUT2D eigenvalue weighted by Crippen LogP contribution is -2.52. The Balaban J connectivity index is 1.07. The molecule has 5 amide bonds. The zero-order chi connectivity index (χ0) is 68.9. The summed E-state index contributed by atoms with van der Waals surface area (Å²) in [7, 11) is -4.49. The maximum absolute atomic E-state index is 13.7. The Bertz CT molecular complexity index is 3330. The Morgan fingerprint density at radius 3 is 1.74 bits per heavy atom. The summed E-state index contributed by atoms with van der Waals surface area (Å²) in [6, 6.07) is 4.50. The predicted octanol–water partition coefficient (Wildman–Crippen LogP) is -2.15. The summed E-state index contributed by atoms with van der Waals surface area (Å²) in [6.07, 6.45) is 3.96. The van der Waals surface area contributed by atoms with E-state index in [1.54, 1.807) is 61.1 Å². The highest BCUT2D eigenvalue weighted by atomic mass is 32.2. The van der Waals surface area contributed by atoms with E-state index in [0.29, 0.717) is 24.4 Å². The van der Waals surface area contributed by atoms with Gasteiger partial charge in [0.15, 0.2) is 5.95 Å². The van der Waals surface area contributed by atoms with Gasteiger partial charge < -0.3 is 72.3 Å². The van der Waals surface area contributed by atoms with Crippen molar-refractivity contribution < 1.29 is 96.5 Å². The van der Waals surface area contributed by atoms with E-state index < -0.39 is 139 Å². The van der Waals surface area contributed by atoms with Crippen molar-refractivity contribution in [2.45, 2.75) is 82.3 Å². The lowest BCUT2D eigenvalue weighted by Gasteiger charge is -2.33. The standard InChI is InChI=1S/C58H83N15O20S/c1-37-27-42(28-38(2)53(37)94(91,92)68-44(57(89)90)32-65-54(86)39-6-9-45-41(29-39)31-66-73(45)17-4-12-61-58-62-15-16-63-58)93-26-3-5-46(74)59-13-14-60-56(88)43(8-11-49(78)79)67-55(87)40(7-10-48(76)77)30-64-47(75)33-69-18-20-70(34-50(80)81)22-24-72(36-52(84)85)25-23-71(21-19-69)35-51(82)83/h6,9,15-16,27-29,31,40,43-44,68H,3-5,7-8,10-14,17-26,30,32-36H2,1-2H3,(H,59,74)(H,60,88)(H,64,75)(H,65,86)(H,67,87)(H,76,77)(H,78,79)(H,80,81)(H,82,83)(H,84,85)(H,89,90)(H2,61,62,63)/t40-,43?,44+/m1/s1. The van der Waals surface area contributed by atoms with E-state index in [4.69, 9.17) is 4.74 Å². The molecule has 1 aliphatic heterocycles. The van der Waals surface area contributed by atoms with E-state index >= 15 is 0 Å². The lowest BCUT2D eigenvalue weighted by molar-refractivity contribution is -0.140. The second-order valence-electron chi connectivity index (χ2n) is 22.3. The molecular formula is C58H83N15O20S. The third kappa shape index (κ3) is 26.7. The van der Waals surface area contributed by atoms with Crippen LogP contribution in [0.2, 0.25) is 0 Å². The van der Waals surface area contributed by atoms with Crippen LogP contribution in [0.5, 0.6) is 5.75 Å². The number of carbonyl (C=O) groups excluding carboxylic acids is 5. The number of amides is 5. The number of benzene rings is 2. The number of aliphatic carboxylic acids is 6. The first-order chi connectivity index (χ1) is 44.6. The van der Waals surface area contributed by atoms with Crippen molar-refractivity contribution in [3.8, 4) is 5.75 Å². The lowest BCUT2D eigenvalue weighted by atomic mass is 10.0. The number of hydrogen-bond donors (Lipinski definition) is 14. The predicted molar refractivity (Wildman–Crippen MR) is 333 cm³/mol. The second-order valence-corrected chi connectivity index (χ2v) is 23.9. The summed E-state index contributed by atoms with van der Waals surface area (Å²) >= 11 is 0. The number of ether oxygens (including phenoxy) is 1. The van der Waals surface area contributed by atoms with Gasteiger partial charge in [-0.2, -0.15) is 9.82 Å². The Morgan fingerprint density at radius 1 is 0.617 bits per heavy atom. The van der Waals surface area contributed by atoms with Gasteiger partial charge in [0.1, 0.15) is 17.8 Å². The smallest absolute Gasteiger partial charge is 0.323 e. The first kappa shape index (κ1) is 75.4. The average Bonchev–Trinajstić information content (AvgIpc) is 0.974. The zero-order valence-electron chi connectivity index (χ0n) is 52.2. The topological polar surface area (TPSA) is 496 Å². The minimum Gasteiger partial charge on any atom is -0.494 e. The molecule has 0 spiro atoms. The molecule has 1 unspecified atom stereocenters. The van der Waals surface area contributed by atoms with E-state index in [0.717, 1.165) is 11.9 Å². The minimum atomic E-state index is -4.49. The summed E-state index contributed by atoms with van der Waals surface area (Å²) in [4.78, 5) is 150. The van der Waals surface area contributed by atoms with Gasteiger partial charge in [-0.05, 0) is 81.0 Å². The number of anilines is 1. The van der Waals surface area contributed by atoms with E-state index in [-0.39, 0.29) is 132 Å². The van der Waals surface area contributed by atoms with Gasteiger partial charge in [-0.3, -0.25) is 77.0 Å². The fourth-order valence-electron chi connectivity index (χ4n) is 10.1. The molecular weight excluding hydrogens is 1260 g/mol. The van der Waals surface area contributed by atoms with Gasteiger partial charge in [-0.25, -0.2) is 13.4 Å². The van der Waals surface area contributed by atoms with Crippen molar-refractivity contribution in [3.63, 3.8) is 0 Å². The number of nitrogens with one attached hydrogen (secondary N) is 8. The van der Waals surface area contributed by atoms with Gasteiger partial charge in [-0.15, -0.1) is 0 Å². The van der Waals surface area contributed by atoms with E-state index in [1.807, 2.05) is 0 Å². The highest BCUT2D eigenvalue weighted by Crippen LogP contribution is 2.27. The van der Waals surface area contributed by atoms with Crippen LogP contribution in [0.15, 0.2) is 53.8 Å². The molecule has 0 bridgehead atoms. The van der Waals surface area contributed by atoms with Crippen molar-refractivity contribution in [2.75, 3.05) is 123 Å². The van der Waals surface area contributed by atoms with E-state index in [2.05, 4.69) is 51.7 Å². The molecule has 3 atom stereocenters. The van der Waals surface area contributed by atoms with Crippen LogP contribution < -0.4 is 41.4 Å². The molecule has 3 heterocycles. The normalized spacial score (nSPS) is 14.8. The molecule has 0 radical (unpaired) electrons. The zero-order valence-corrected chi connectivity index (χ0v) is 53.0. The van der Waals surface area contributed by atoms with Crippen LogP contribution in [0, 0.1) is 19.8 Å². The van der Waals surface area contributed by atoms with Crippen molar-refractivity contribution in [1.82, 2.24) is 70.7 Å². The molecule has 2 aromatic carbocycles. The van der Waals surface area contributed by atoms with Gasteiger partial charge in [0, 0.05) is 134 Å². The maximum Gasteiger partial charge on any atom is 0.323 e. The third-order valence-electron chi connectivity index (χ3n) is 14.8. The number of aryl methyl sites for hydroxylation is 3. The molecule has 1 saturated heterocycles. The summed E-state index contributed by atoms with van der Waals surface area (Å²) in [5, 5.41) is 78.3. The van der Waals surface area contributed by atoms with Gasteiger partial charge in [0.2, 0.25) is 33.7 Å². The highest BCUT2D eigenvalue weighted by Gasteiger charge is 2.31. The number of rotatable bonds is 39. The number of carboxylic acids is 6. The molecule has 94 heavy (non-hydrogen) atoms. The minimum absolute atomic E-state index is 0.00202. The van der Waals surface area contributed by atoms with Crippen molar-refractivity contribution in [2.24, 2.45) is 5.92 Å². The van der Waals surface area contributed by atoms with Crippen molar-refractivity contribution in [1.29, 1.82) is 0 Å². The summed E-state index contributed by atoms with van der Waals surface area (Å²) in [5.74, 6) is -11.3. The van der Waals surface area contributed by atoms with Crippen LogP contribution in [0.25, 0.3) is 10.9 Å². The molecule has 5 rings (SSSR count). The SMILES string of the molecule is Cc1cc(OCCCC(=O)NCCNC(=O)C(CCC(=O)O)NC(=O)[C@H](CCC(=O)O)CNC(=O)CN2CCN(CC(=O)O)CCN(CC(=O)O)CCN(CC(=O)O)CC2)cc(C)c1S(=O)(=O)N[C@@H](CNC(=O)c1ccc2c(cnn2CCCNc2ncc[nH]2)c1)C(=O)O. The molecule has 1 fully saturated rings. The molecule has 0 aliphatic carbocycles. The molecule has 36 heteroatoms. The Labute approximate surface area is 540 Å². The fourth-order valence-corrected chi connectivity index (χ4v) is 11.7. The van der Waals surface area contributed by atoms with Gasteiger partial charge in [0.05, 0.1) is 55.3 Å². The number of imidazole rings is 1. The number of carboxylic acid groups (broad SMARTS) is 6. The van der Waals surface area contributed by atoms with E-state index in [1.165, 1.54) is 26.0 Å². The number of nitrogens with zero attached hydrogens (tertiary/aromatic N) is 7. The molecule has 35 nitrogen and oxygen atoms in total. The monoisotopic (exact) mass is 1340 g/mol. The summed E-state index contributed by atoms with van der Waals surface area (Å²) < 4.78 is 37.1. The van der Waals surface area contributed by atoms with Gasteiger partial charge >= 0.3 is 35.8 Å². The van der Waals surface area contributed by atoms with Gasteiger partial charge in [0.25, 0.3) is 5.91 Å². The summed E-state index contributed by atoms with van der Waals surface area (Å²) in [6.45, 7) is 2.42. The number of H-pyrrole nitrogens is 1. The number of sulfonamides is 1. The maximum atomic E-state index is 13.7. The first-order valence-corrected chi connectivity index (χ1v) is 31.7. The van der Waals surface area contributed by atoms with Gasteiger partial charge in [-0.1, -0.05) is 0 Å². The van der Waals surface area contributed by atoms with Crippen LogP contribution in [0.3, 0.4) is 0 Å². The quantitative estimate of drug-likeness (QED) is 0.0212. The largest absolute Gasteiger partial charge is 0.494 e. The Hall–Kier alpha value is -9.36. The molecule has 14 N–H and O–H groups in total. The second kappa shape index (κ2) is 38.0.